The van der Waals surface area contributed by atoms with Gasteiger partial charge in [-0.25, -0.2) is 0 Å². The van der Waals surface area contributed by atoms with Crippen LogP contribution in [0.2, 0.25) is 0 Å². The smallest absolute Gasteiger partial charge is 0.228 e. The summed E-state index contributed by atoms with van der Waals surface area (Å²) in [5, 5.41) is 3.98. The second-order valence-electron chi connectivity index (χ2n) is 6.42. The molecule has 2 aromatic carbocycles. The molecule has 0 saturated carbocycles. The number of pyridine rings is 2. The standard InChI is InChI=1S/C22H15N3O/c26-22-13-17-11-15(1-3-20(17)25-22)16-2-4-21-19(12-16)18(7-10-24-21)14-5-8-23-9-6-14/h1-12H,13H2,(H,25,26). The molecular weight excluding hydrogens is 322 g/mol. The van der Waals surface area contributed by atoms with Crippen LogP contribution in [0.4, 0.5) is 5.69 Å². The number of amides is 1. The third-order valence-corrected chi connectivity index (χ3v) is 4.80. The Morgan fingerprint density at radius 3 is 2.50 bits per heavy atom. The summed E-state index contributed by atoms with van der Waals surface area (Å²) in [6, 6.07) is 18.5. The van der Waals surface area contributed by atoms with E-state index in [0.717, 1.165) is 44.4 Å². The second kappa shape index (κ2) is 5.77. The van der Waals surface area contributed by atoms with Gasteiger partial charge < -0.3 is 5.32 Å². The van der Waals surface area contributed by atoms with Crippen LogP contribution in [-0.2, 0) is 11.2 Å². The van der Waals surface area contributed by atoms with E-state index in [1.807, 2.05) is 42.6 Å². The van der Waals surface area contributed by atoms with Crippen molar-refractivity contribution in [2.75, 3.05) is 5.32 Å². The van der Waals surface area contributed by atoms with E-state index in [0.29, 0.717) is 6.42 Å². The number of fused-ring (bicyclic) bond motifs is 2. The molecule has 1 amide bonds. The molecule has 0 atom stereocenters. The van der Waals surface area contributed by atoms with Crippen LogP contribution in [-0.4, -0.2) is 15.9 Å². The highest BCUT2D eigenvalue weighted by molar-refractivity contribution is 6.00. The first-order chi connectivity index (χ1) is 12.8. The average molecular weight is 337 g/mol. The number of nitrogens with one attached hydrogen (secondary N) is 1. The lowest BCUT2D eigenvalue weighted by molar-refractivity contribution is -0.115. The van der Waals surface area contributed by atoms with Gasteiger partial charge in [0, 0.05) is 29.7 Å². The van der Waals surface area contributed by atoms with E-state index in [9.17, 15) is 4.79 Å². The number of carbonyl (C=O) groups is 1. The van der Waals surface area contributed by atoms with Gasteiger partial charge in [0.1, 0.15) is 0 Å². The van der Waals surface area contributed by atoms with E-state index in [1.54, 1.807) is 12.4 Å². The minimum Gasteiger partial charge on any atom is -0.326 e. The van der Waals surface area contributed by atoms with E-state index in [2.05, 4.69) is 33.5 Å². The zero-order valence-corrected chi connectivity index (χ0v) is 13.9. The summed E-state index contributed by atoms with van der Waals surface area (Å²) < 4.78 is 0. The van der Waals surface area contributed by atoms with Gasteiger partial charge in [0.25, 0.3) is 0 Å². The predicted molar refractivity (Wildman–Crippen MR) is 103 cm³/mol. The molecule has 26 heavy (non-hydrogen) atoms. The summed E-state index contributed by atoms with van der Waals surface area (Å²) in [5.41, 5.74) is 7.40. The maximum Gasteiger partial charge on any atom is 0.228 e. The fourth-order valence-electron chi connectivity index (χ4n) is 3.52. The van der Waals surface area contributed by atoms with Gasteiger partial charge in [-0.05, 0) is 70.3 Å². The number of nitrogens with zero attached hydrogens (tertiary/aromatic N) is 2. The molecule has 1 aliphatic heterocycles. The Bertz CT molecular complexity index is 1150. The number of aromatic nitrogens is 2. The Balaban J connectivity index is 1.67. The van der Waals surface area contributed by atoms with Crippen molar-refractivity contribution < 1.29 is 4.79 Å². The van der Waals surface area contributed by atoms with Gasteiger partial charge in [-0.15, -0.1) is 0 Å². The van der Waals surface area contributed by atoms with Crippen LogP contribution in [0.1, 0.15) is 5.56 Å². The molecule has 3 heterocycles. The number of anilines is 1. The molecule has 124 valence electrons. The molecule has 0 unspecified atom stereocenters. The van der Waals surface area contributed by atoms with Crippen LogP contribution in [0.3, 0.4) is 0 Å². The summed E-state index contributed by atoms with van der Waals surface area (Å²) in [5.74, 6) is 0.0554. The molecule has 0 fully saturated rings. The van der Waals surface area contributed by atoms with Gasteiger partial charge in [0.15, 0.2) is 0 Å². The Morgan fingerprint density at radius 1 is 0.808 bits per heavy atom. The summed E-state index contributed by atoms with van der Waals surface area (Å²) in [4.78, 5) is 20.2. The lowest BCUT2D eigenvalue weighted by Crippen LogP contribution is -2.03. The summed E-state index contributed by atoms with van der Waals surface area (Å²) in [6.07, 6.45) is 5.89. The van der Waals surface area contributed by atoms with Gasteiger partial charge in [-0.3, -0.25) is 14.8 Å². The maximum atomic E-state index is 11.6. The molecule has 4 aromatic rings. The Morgan fingerprint density at radius 2 is 1.62 bits per heavy atom. The molecule has 0 radical (unpaired) electrons. The second-order valence-corrected chi connectivity index (χ2v) is 6.42. The fourth-order valence-corrected chi connectivity index (χ4v) is 3.52. The van der Waals surface area contributed by atoms with E-state index >= 15 is 0 Å². The number of carbonyl (C=O) groups excluding carboxylic acids is 1. The average Bonchev–Trinajstić information content (AvgIpc) is 3.07. The topological polar surface area (TPSA) is 54.9 Å². The zero-order valence-electron chi connectivity index (χ0n) is 13.9. The summed E-state index contributed by atoms with van der Waals surface area (Å²) in [6.45, 7) is 0. The van der Waals surface area contributed by atoms with E-state index < -0.39 is 0 Å². The van der Waals surface area contributed by atoms with Gasteiger partial charge in [-0.1, -0.05) is 12.1 Å². The van der Waals surface area contributed by atoms with Crippen molar-refractivity contribution in [3.63, 3.8) is 0 Å². The molecule has 0 spiro atoms. The Hall–Kier alpha value is -3.53. The van der Waals surface area contributed by atoms with Gasteiger partial charge in [0.05, 0.1) is 11.9 Å². The van der Waals surface area contributed by atoms with Crippen molar-refractivity contribution in [1.29, 1.82) is 0 Å². The van der Waals surface area contributed by atoms with Crippen LogP contribution in [0.5, 0.6) is 0 Å². The van der Waals surface area contributed by atoms with E-state index in [-0.39, 0.29) is 5.91 Å². The van der Waals surface area contributed by atoms with Gasteiger partial charge in [0.2, 0.25) is 5.91 Å². The highest BCUT2D eigenvalue weighted by atomic mass is 16.1. The van der Waals surface area contributed by atoms with Crippen molar-refractivity contribution in [2.24, 2.45) is 0 Å². The molecular formula is C22H15N3O. The molecule has 1 aliphatic rings. The van der Waals surface area contributed by atoms with Crippen LogP contribution in [0.25, 0.3) is 33.2 Å². The minimum atomic E-state index is 0.0554. The zero-order chi connectivity index (χ0) is 17.5. The highest BCUT2D eigenvalue weighted by Gasteiger charge is 2.18. The Kier molecular flexibility index (Phi) is 3.28. The van der Waals surface area contributed by atoms with Crippen LogP contribution >= 0.6 is 0 Å². The van der Waals surface area contributed by atoms with Gasteiger partial charge >= 0.3 is 0 Å². The van der Waals surface area contributed by atoms with E-state index in [1.165, 1.54) is 0 Å². The normalized spacial score (nSPS) is 12.8. The molecule has 4 nitrogen and oxygen atoms in total. The molecule has 1 N–H and O–H groups in total. The lowest BCUT2D eigenvalue weighted by atomic mass is 9.96. The first-order valence-electron chi connectivity index (χ1n) is 8.50. The highest BCUT2D eigenvalue weighted by Crippen LogP contribution is 2.33. The quantitative estimate of drug-likeness (QED) is 0.587. The number of rotatable bonds is 2. The number of benzene rings is 2. The summed E-state index contributed by atoms with van der Waals surface area (Å²) in [7, 11) is 0. The van der Waals surface area contributed by atoms with E-state index in [4.69, 9.17) is 0 Å². The third kappa shape index (κ3) is 2.43. The largest absolute Gasteiger partial charge is 0.326 e. The fraction of sp³-hybridized carbons (Fsp3) is 0.0455. The van der Waals surface area contributed by atoms with Crippen molar-refractivity contribution in [2.45, 2.75) is 6.42 Å². The first-order valence-corrected chi connectivity index (χ1v) is 8.50. The molecule has 0 aliphatic carbocycles. The van der Waals surface area contributed by atoms with Crippen molar-refractivity contribution >= 4 is 22.5 Å². The molecule has 5 rings (SSSR count). The summed E-state index contributed by atoms with van der Waals surface area (Å²) >= 11 is 0. The minimum absolute atomic E-state index is 0.0554. The monoisotopic (exact) mass is 337 g/mol. The van der Waals surface area contributed by atoms with Crippen LogP contribution in [0.15, 0.2) is 73.2 Å². The SMILES string of the molecule is O=C1Cc2cc(-c3ccc4nccc(-c5ccncc5)c4c3)ccc2N1. The van der Waals surface area contributed by atoms with Crippen LogP contribution < -0.4 is 5.32 Å². The Labute approximate surface area is 150 Å². The first kappa shape index (κ1) is 14.8. The maximum absolute atomic E-state index is 11.6. The lowest BCUT2D eigenvalue weighted by Gasteiger charge is -2.09. The van der Waals surface area contributed by atoms with Crippen LogP contribution in [0, 0.1) is 0 Å². The molecule has 0 bridgehead atoms. The third-order valence-electron chi connectivity index (χ3n) is 4.80. The van der Waals surface area contributed by atoms with Crippen molar-refractivity contribution in [3.8, 4) is 22.3 Å². The van der Waals surface area contributed by atoms with Gasteiger partial charge in [-0.2, -0.15) is 0 Å². The molecule has 2 aromatic heterocycles. The molecule has 4 heteroatoms. The molecule has 0 saturated heterocycles. The predicted octanol–water partition coefficient (Wildman–Crippen LogP) is 4.46. The number of hydrogen-bond donors (Lipinski definition) is 1. The van der Waals surface area contributed by atoms with Crippen molar-refractivity contribution in [3.05, 3.63) is 78.8 Å². The van der Waals surface area contributed by atoms with Crippen molar-refractivity contribution in [1.82, 2.24) is 9.97 Å². The number of hydrogen-bond acceptors (Lipinski definition) is 3.